The van der Waals surface area contributed by atoms with Gasteiger partial charge in [0.2, 0.25) is 0 Å². The molecule has 1 atom stereocenters. The molecule has 0 spiro atoms. The number of hydrogen-bond donors (Lipinski definition) is 3. The quantitative estimate of drug-likeness (QED) is 0.664. The molecule has 0 saturated carbocycles. The third-order valence-electron chi connectivity index (χ3n) is 3.67. The number of rotatable bonds is 4. The van der Waals surface area contributed by atoms with Gasteiger partial charge in [-0.1, -0.05) is 46.7 Å². The number of anilines is 1. The monoisotopic (exact) mass is 404 g/mol. The lowest BCUT2D eigenvalue weighted by Crippen LogP contribution is -2.30. The Kier molecular flexibility index (Phi) is 5.16. The van der Waals surface area contributed by atoms with E-state index in [1.807, 2.05) is 12.1 Å². The van der Waals surface area contributed by atoms with E-state index in [4.69, 9.17) is 0 Å². The highest BCUT2D eigenvalue weighted by molar-refractivity contribution is 9.10. The van der Waals surface area contributed by atoms with Gasteiger partial charge in [0.1, 0.15) is 5.75 Å². The van der Waals surface area contributed by atoms with Crippen LogP contribution in [-0.4, -0.2) is 16.5 Å². The van der Waals surface area contributed by atoms with Crippen molar-refractivity contribution in [2.24, 2.45) is 0 Å². The molecule has 6 heteroatoms. The molecule has 1 saturated heterocycles. The number of phenols is 1. The fraction of sp³-hybridized carbons (Fsp3) is 0.167. The van der Waals surface area contributed by atoms with Crippen molar-refractivity contribution in [1.29, 1.82) is 0 Å². The van der Waals surface area contributed by atoms with Crippen LogP contribution in [0.5, 0.6) is 5.75 Å². The molecule has 1 aliphatic rings. The second-order valence-electron chi connectivity index (χ2n) is 5.38. The van der Waals surface area contributed by atoms with Gasteiger partial charge < -0.3 is 15.7 Å². The van der Waals surface area contributed by atoms with E-state index in [0.29, 0.717) is 10.5 Å². The third-order valence-corrected chi connectivity index (χ3v) is 5.19. The third kappa shape index (κ3) is 3.94. The first-order valence-corrected chi connectivity index (χ1v) is 9.25. The Balaban J connectivity index is 1.73. The van der Waals surface area contributed by atoms with Crippen molar-refractivity contribution < 1.29 is 9.90 Å². The van der Waals surface area contributed by atoms with E-state index >= 15 is 0 Å². The Bertz CT molecular complexity index is 790. The largest absolute Gasteiger partial charge is 0.507 e. The van der Waals surface area contributed by atoms with Crippen LogP contribution in [0.1, 0.15) is 18.1 Å². The van der Waals surface area contributed by atoms with Gasteiger partial charge in [-0.25, -0.2) is 0 Å². The minimum absolute atomic E-state index is 0.144. The Morgan fingerprint density at radius 2 is 2.04 bits per heavy atom. The van der Waals surface area contributed by atoms with Crippen molar-refractivity contribution >= 4 is 45.4 Å². The summed E-state index contributed by atoms with van der Waals surface area (Å²) >= 11 is 4.76. The van der Waals surface area contributed by atoms with Crippen molar-refractivity contribution in [1.82, 2.24) is 5.32 Å². The van der Waals surface area contributed by atoms with Crippen molar-refractivity contribution in [3.05, 3.63) is 63.0 Å². The van der Waals surface area contributed by atoms with Crippen LogP contribution in [0.2, 0.25) is 0 Å². The summed E-state index contributed by atoms with van der Waals surface area (Å²) in [5.41, 5.74) is 2.60. The number of nitrogens with one attached hydrogen (secondary N) is 2. The molecule has 1 heterocycles. The second-order valence-corrected chi connectivity index (χ2v) is 7.44. The highest BCUT2D eigenvalue weighted by Gasteiger charge is 2.27. The molecule has 0 radical (unpaired) electrons. The molecule has 124 valence electrons. The number of aromatic hydroxyl groups is 1. The van der Waals surface area contributed by atoms with E-state index in [1.165, 1.54) is 17.3 Å². The molecule has 3 rings (SSSR count). The molecule has 2 aromatic rings. The minimum atomic E-state index is -0.231. The molecule has 2 aromatic carbocycles. The van der Waals surface area contributed by atoms with Gasteiger partial charge in [0, 0.05) is 15.7 Å². The molecule has 4 nitrogen and oxygen atoms in total. The maximum Gasteiger partial charge on any atom is 0.260 e. The molecule has 24 heavy (non-hydrogen) atoms. The average molecular weight is 405 g/mol. The summed E-state index contributed by atoms with van der Waals surface area (Å²) in [5.74, 6) is -0.00674. The van der Waals surface area contributed by atoms with Crippen molar-refractivity contribution in [3.8, 4) is 5.75 Å². The Morgan fingerprint density at radius 1 is 1.29 bits per heavy atom. The molecule has 1 fully saturated rings. The first kappa shape index (κ1) is 16.9. The van der Waals surface area contributed by atoms with Crippen molar-refractivity contribution in [2.45, 2.75) is 18.8 Å². The van der Waals surface area contributed by atoms with Crippen LogP contribution in [0.15, 0.2) is 51.8 Å². The first-order valence-electron chi connectivity index (χ1n) is 7.58. The van der Waals surface area contributed by atoms with E-state index in [9.17, 15) is 9.90 Å². The van der Waals surface area contributed by atoms with Gasteiger partial charge in [-0.3, -0.25) is 4.79 Å². The Hall–Kier alpha value is -1.92. The standard InChI is InChI=1S/C18H17BrN2O2S/c1-2-11-3-6-14(7-4-11)20-18-21-17(23)16(24-18)10-12-9-13(19)5-8-15(12)22/h3-10,18,20,22H,2H2,1H3,(H,21,23). The molecular weight excluding hydrogens is 388 g/mol. The van der Waals surface area contributed by atoms with Crippen molar-refractivity contribution in [2.75, 3.05) is 5.32 Å². The van der Waals surface area contributed by atoms with E-state index in [-0.39, 0.29) is 17.2 Å². The molecule has 0 bridgehead atoms. The number of halogens is 1. The van der Waals surface area contributed by atoms with Gasteiger partial charge in [-0.2, -0.15) is 0 Å². The summed E-state index contributed by atoms with van der Waals surface area (Å²) in [5, 5.41) is 16.1. The van der Waals surface area contributed by atoms with Crippen molar-refractivity contribution in [3.63, 3.8) is 0 Å². The zero-order valence-electron chi connectivity index (χ0n) is 13.0. The topological polar surface area (TPSA) is 61.4 Å². The first-order chi connectivity index (χ1) is 11.5. The highest BCUT2D eigenvalue weighted by Crippen LogP contribution is 2.33. The number of benzene rings is 2. The molecule has 1 amide bonds. The zero-order valence-corrected chi connectivity index (χ0v) is 15.4. The van der Waals surface area contributed by atoms with E-state index < -0.39 is 0 Å². The summed E-state index contributed by atoms with van der Waals surface area (Å²) < 4.78 is 0.848. The lowest BCUT2D eigenvalue weighted by molar-refractivity contribution is -0.116. The normalized spacial score (nSPS) is 18.7. The van der Waals surface area contributed by atoms with Crippen LogP contribution >= 0.6 is 27.7 Å². The maximum absolute atomic E-state index is 12.1. The van der Waals surface area contributed by atoms with Gasteiger partial charge in [-0.05, 0) is 48.4 Å². The van der Waals surface area contributed by atoms with E-state index in [2.05, 4.69) is 45.6 Å². The van der Waals surface area contributed by atoms with Crippen LogP contribution in [0.25, 0.3) is 6.08 Å². The molecule has 3 N–H and O–H groups in total. The lowest BCUT2D eigenvalue weighted by Gasteiger charge is -2.12. The lowest BCUT2D eigenvalue weighted by atomic mass is 10.1. The zero-order chi connectivity index (χ0) is 17.1. The summed E-state index contributed by atoms with van der Waals surface area (Å²) in [4.78, 5) is 12.7. The molecule has 1 aliphatic heterocycles. The predicted octanol–water partition coefficient (Wildman–Crippen LogP) is 4.32. The van der Waals surface area contributed by atoms with E-state index in [0.717, 1.165) is 16.6 Å². The molecular formula is C18H17BrN2O2S. The molecule has 0 aromatic heterocycles. The van der Waals surface area contributed by atoms with Crippen LogP contribution in [0.3, 0.4) is 0 Å². The molecule has 1 unspecified atom stereocenters. The summed E-state index contributed by atoms with van der Waals surface area (Å²) in [6.45, 7) is 2.11. The predicted molar refractivity (Wildman–Crippen MR) is 103 cm³/mol. The number of amides is 1. The fourth-order valence-corrected chi connectivity index (χ4v) is 3.69. The van der Waals surface area contributed by atoms with Gasteiger partial charge in [-0.15, -0.1) is 0 Å². The number of thioether (sulfide) groups is 1. The highest BCUT2D eigenvalue weighted by atomic mass is 79.9. The van der Waals surface area contributed by atoms with Crippen LogP contribution < -0.4 is 10.6 Å². The number of phenolic OH excluding ortho intramolecular Hbond substituents is 1. The maximum atomic E-state index is 12.1. The smallest absolute Gasteiger partial charge is 0.260 e. The van der Waals surface area contributed by atoms with Crippen LogP contribution in [-0.2, 0) is 11.2 Å². The van der Waals surface area contributed by atoms with E-state index in [1.54, 1.807) is 24.3 Å². The Morgan fingerprint density at radius 3 is 2.75 bits per heavy atom. The average Bonchev–Trinajstić information content (AvgIpc) is 2.91. The fourth-order valence-electron chi connectivity index (χ4n) is 2.34. The van der Waals surface area contributed by atoms with Gasteiger partial charge in [0.25, 0.3) is 5.91 Å². The summed E-state index contributed by atoms with van der Waals surface area (Å²) in [6, 6.07) is 13.3. The summed E-state index contributed by atoms with van der Waals surface area (Å²) in [7, 11) is 0. The number of carbonyl (C=O) groups excluding carboxylic acids is 1. The molecule has 0 aliphatic carbocycles. The summed E-state index contributed by atoms with van der Waals surface area (Å²) in [6.07, 6.45) is 2.69. The van der Waals surface area contributed by atoms with Gasteiger partial charge in [0.05, 0.1) is 4.91 Å². The van der Waals surface area contributed by atoms with Gasteiger partial charge in [0.15, 0.2) is 5.50 Å². The number of carbonyl (C=O) groups is 1. The van der Waals surface area contributed by atoms with Crippen LogP contribution in [0, 0.1) is 0 Å². The van der Waals surface area contributed by atoms with Gasteiger partial charge >= 0.3 is 0 Å². The minimum Gasteiger partial charge on any atom is -0.507 e. The Labute approximate surface area is 153 Å². The SMILES string of the molecule is CCc1ccc(NC2NC(=O)C(=Cc3cc(Br)ccc3O)S2)cc1. The second kappa shape index (κ2) is 7.32. The number of hydrogen-bond acceptors (Lipinski definition) is 4. The number of aryl methyl sites for hydroxylation is 1. The van der Waals surface area contributed by atoms with Crippen LogP contribution in [0.4, 0.5) is 5.69 Å².